The lowest BCUT2D eigenvalue weighted by Gasteiger charge is -2.48. The number of carbonyl (C=O) groups is 2. The number of aliphatic hydroxyl groups excluding tert-OH is 5. The Balaban J connectivity index is 1.44. The van der Waals surface area contributed by atoms with Crippen LogP contribution in [-0.4, -0.2) is 129 Å². The van der Waals surface area contributed by atoms with E-state index in [2.05, 4.69) is 0 Å². The lowest BCUT2D eigenvalue weighted by atomic mass is 9.79. The molecule has 9 unspecified atom stereocenters. The summed E-state index contributed by atoms with van der Waals surface area (Å²) in [5.41, 5.74) is 0.195. The van der Waals surface area contributed by atoms with Crippen LogP contribution in [0.1, 0.15) is 82.5 Å². The second-order valence-corrected chi connectivity index (χ2v) is 14.6. The van der Waals surface area contributed by atoms with Gasteiger partial charge in [-0.1, -0.05) is 64.2 Å². The number of hydrogen-bond donors (Lipinski definition) is 6. The molecule has 4 fully saturated rings. The van der Waals surface area contributed by atoms with E-state index in [1.165, 1.54) is 0 Å². The number of aliphatic hydroxyl groups is 5. The molecule has 6 N–H and O–H groups in total. The van der Waals surface area contributed by atoms with Crippen LogP contribution in [0.3, 0.4) is 0 Å². The van der Waals surface area contributed by atoms with Gasteiger partial charge in [-0.2, -0.15) is 0 Å². The van der Waals surface area contributed by atoms with E-state index in [1.807, 2.05) is 13.8 Å². The molecule has 2 heterocycles. The normalized spacial score (nSPS) is 40.6. The van der Waals surface area contributed by atoms with Gasteiger partial charge in [0.15, 0.2) is 24.8 Å². The summed E-state index contributed by atoms with van der Waals surface area (Å²) < 4.78 is 36.8. The van der Waals surface area contributed by atoms with E-state index in [0.717, 1.165) is 38.5 Å². The number of ether oxygens (including phenoxy) is 6. The van der Waals surface area contributed by atoms with Crippen LogP contribution in [0.2, 0.25) is 0 Å². The molecule has 50 heavy (non-hydrogen) atoms. The molecule has 0 spiro atoms. The third kappa shape index (κ3) is 9.21. The minimum Gasteiger partial charge on any atom is -0.479 e. The Morgan fingerprint density at radius 2 is 1.52 bits per heavy atom. The Morgan fingerprint density at radius 3 is 2.18 bits per heavy atom. The van der Waals surface area contributed by atoms with Crippen LogP contribution in [0.25, 0.3) is 0 Å². The Labute approximate surface area is 292 Å². The first-order valence-electron chi connectivity index (χ1n) is 18.0. The van der Waals surface area contributed by atoms with Crippen molar-refractivity contribution in [3.05, 3.63) is 35.9 Å². The van der Waals surface area contributed by atoms with Crippen LogP contribution < -0.4 is 0 Å². The molecule has 2 aliphatic carbocycles. The highest BCUT2D eigenvalue weighted by atomic mass is 16.7. The van der Waals surface area contributed by atoms with Gasteiger partial charge in [0.25, 0.3) is 0 Å². The van der Waals surface area contributed by atoms with Crippen molar-refractivity contribution in [2.75, 3.05) is 6.61 Å². The molecule has 1 aromatic rings. The van der Waals surface area contributed by atoms with Crippen LogP contribution in [0.5, 0.6) is 0 Å². The number of esters is 1. The maximum Gasteiger partial charge on any atom is 0.338 e. The van der Waals surface area contributed by atoms with Crippen molar-refractivity contribution in [1.29, 1.82) is 0 Å². The Hall–Kier alpha value is -2.24. The largest absolute Gasteiger partial charge is 0.479 e. The highest BCUT2D eigenvalue weighted by Crippen LogP contribution is 2.39. The highest BCUT2D eigenvalue weighted by Gasteiger charge is 2.53. The predicted octanol–water partition coefficient (Wildman–Crippen LogP) is 1.76. The van der Waals surface area contributed by atoms with Gasteiger partial charge in [0.2, 0.25) is 0 Å². The van der Waals surface area contributed by atoms with Crippen LogP contribution >= 0.6 is 0 Å². The smallest absolute Gasteiger partial charge is 0.338 e. The molecule has 15 atom stereocenters. The first-order valence-corrected chi connectivity index (χ1v) is 18.0. The van der Waals surface area contributed by atoms with Crippen molar-refractivity contribution < 1.29 is 68.6 Å². The number of carboxylic acid groups (broad SMARTS) is 1. The van der Waals surface area contributed by atoms with E-state index in [4.69, 9.17) is 28.4 Å². The first kappa shape index (κ1) is 39.0. The molecule has 1 aromatic carbocycles. The van der Waals surface area contributed by atoms with Crippen LogP contribution in [-0.2, 0) is 33.2 Å². The fourth-order valence-corrected chi connectivity index (χ4v) is 7.90. The van der Waals surface area contributed by atoms with Gasteiger partial charge in [-0.15, -0.1) is 0 Å². The SMILES string of the molecule is CC1CC(C)C(O[C@@H]2OC(C)[C@@H](O)C(O)C2O)[C@H](O[C@@H]2OC(CO)[C@H](O)C(O[C@@H](CC3CCCCC3)C(=O)O)C2OC(=O)c2ccccc2)C1. The predicted molar refractivity (Wildman–Crippen MR) is 175 cm³/mol. The fourth-order valence-electron chi connectivity index (χ4n) is 7.90. The van der Waals surface area contributed by atoms with E-state index in [9.17, 15) is 40.2 Å². The monoisotopic (exact) mass is 710 g/mol. The molecule has 14 nitrogen and oxygen atoms in total. The number of carbonyl (C=O) groups excluding carboxylic acids is 1. The number of aliphatic carboxylic acids is 1. The van der Waals surface area contributed by atoms with E-state index in [-0.39, 0.29) is 29.7 Å². The van der Waals surface area contributed by atoms with Gasteiger partial charge < -0.3 is 59.1 Å². The van der Waals surface area contributed by atoms with E-state index >= 15 is 0 Å². The summed E-state index contributed by atoms with van der Waals surface area (Å²) in [6, 6.07) is 8.13. The minimum atomic E-state index is -1.59. The average Bonchev–Trinajstić information content (AvgIpc) is 3.10. The lowest BCUT2D eigenvalue weighted by Crippen LogP contribution is -2.64. The van der Waals surface area contributed by atoms with E-state index in [1.54, 1.807) is 37.3 Å². The minimum absolute atomic E-state index is 0.107. The molecule has 0 radical (unpaired) electrons. The van der Waals surface area contributed by atoms with Gasteiger partial charge in [-0.25, -0.2) is 9.59 Å². The highest BCUT2D eigenvalue weighted by molar-refractivity contribution is 5.89. The summed E-state index contributed by atoms with van der Waals surface area (Å²) >= 11 is 0. The molecular weight excluding hydrogens is 656 g/mol. The third-order valence-corrected chi connectivity index (χ3v) is 10.7. The topological polar surface area (TPSA) is 211 Å². The summed E-state index contributed by atoms with van der Waals surface area (Å²) in [6.45, 7) is 4.85. The van der Waals surface area contributed by atoms with E-state index in [0.29, 0.717) is 6.42 Å². The molecule has 14 heteroatoms. The van der Waals surface area contributed by atoms with Crippen LogP contribution in [0.15, 0.2) is 30.3 Å². The quantitative estimate of drug-likeness (QED) is 0.171. The Kier molecular flexibility index (Phi) is 13.7. The maximum absolute atomic E-state index is 13.5. The summed E-state index contributed by atoms with van der Waals surface area (Å²) in [4.78, 5) is 26.0. The number of rotatable bonds is 12. The molecule has 5 rings (SSSR count). The Bertz CT molecular complexity index is 1230. The molecule has 0 amide bonds. The zero-order valence-electron chi connectivity index (χ0n) is 28.9. The summed E-state index contributed by atoms with van der Waals surface area (Å²) in [5, 5.41) is 63.3. The number of carboxylic acids is 1. The summed E-state index contributed by atoms with van der Waals surface area (Å²) in [7, 11) is 0. The maximum atomic E-state index is 13.5. The fraction of sp³-hybridized carbons (Fsp3) is 0.778. The van der Waals surface area contributed by atoms with Gasteiger partial charge in [0, 0.05) is 0 Å². The standard InChI is InChI=1S/C36H54O14/c1-18-14-19(2)30(50-35-29(41)28(40)26(38)20(3)45-35)23(15-18)47-36-32(49-34(44)22-12-8-5-9-13-22)31(27(39)25(17-37)48-36)46-24(33(42)43)16-21-10-6-4-7-11-21/h5,8-9,12-13,18-21,23-32,35-41H,4,6-7,10-11,14-17H2,1-3H3,(H,42,43)/t18?,19?,20?,23-,24+,25?,26-,27+,28?,29?,30?,31?,32?,35+,36-/m1/s1. The van der Waals surface area contributed by atoms with Crippen molar-refractivity contribution in [1.82, 2.24) is 0 Å². The van der Waals surface area contributed by atoms with E-state index < -0.39 is 98.3 Å². The van der Waals surface area contributed by atoms with Crippen molar-refractivity contribution in [3.8, 4) is 0 Å². The molecule has 2 saturated carbocycles. The van der Waals surface area contributed by atoms with Gasteiger partial charge in [0.1, 0.15) is 36.6 Å². The molecule has 2 saturated heterocycles. The molecule has 282 valence electrons. The summed E-state index contributed by atoms with van der Waals surface area (Å²) in [6.07, 6.45) is -10.5. The van der Waals surface area contributed by atoms with Crippen LogP contribution in [0.4, 0.5) is 0 Å². The van der Waals surface area contributed by atoms with Crippen molar-refractivity contribution >= 4 is 11.9 Å². The van der Waals surface area contributed by atoms with Crippen molar-refractivity contribution in [2.24, 2.45) is 17.8 Å². The number of hydrogen-bond acceptors (Lipinski definition) is 13. The molecule has 2 aliphatic heterocycles. The zero-order chi connectivity index (χ0) is 36.1. The molecule has 0 aromatic heterocycles. The summed E-state index contributed by atoms with van der Waals surface area (Å²) in [5.74, 6) is -1.93. The van der Waals surface area contributed by atoms with Gasteiger partial charge >= 0.3 is 11.9 Å². The second-order valence-electron chi connectivity index (χ2n) is 14.6. The number of benzene rings is 1. The first-order chi connectivity index (χ1) is 23.9. The van der Waals surface area contributed by atoms with Gasteiger partial charge in [-0.3, -0.25) is 0 Å². The third-order valence-electron chi connectivity index (χ3n) is 10.7. The zero-order valence-corrected chi connectivity index (χ0v) is 28.9. The molecular formula is C36H54O14. The second kappa shape index (κ2) is 17.5. The average molecular weight is 711 g/mol. The Morgan fingerprint density at radius 1 is 0.820 bits per heavy atom. The van der Waals surface area contributed by atoms with Crippen LogP contribution in [0, 0.1) is 17.8 Å². The molecule has 0 bridgehead atoms. The van der Waals surface area contributed by atoms with Gasteiger partial charge in [0.05, 0.1) is 30.5 Å². The van der Waals surface area contributed by atoms with Crippen molar-refractivity contribution in [3.63, 3.8) is 0 Å². The molecule has 4 aliphatic rings. The van der Waals surface area contributed by atoms with Gasteiger partial charge in [-0.05, 0) is 56.1 Å². The lowest BCUT2D eigenvalue weighted by molar-refractivity contribution is -0.349. The van der Waals surface area contributed by atoms with Crippen molar-refractivity contribution in [2.45, 2.75) is 152 Å².